The molecule has 2 aromatic heterocycles. The molecule has 0 amide bonds. The highest BCUT2D eigenvalue weighted by molar-refractivity contribution is 5.53. The molecule has 0 spiro atoms. The minimum Gasteiger partial charge on any atom is -0.235 e. The Morgan fingerprint density at radius 2 is 1.95 bits per heavy atom. The third-order valence-electron chi connectivity index (χ3n) is 2.53. The fourth-order valence-corrected chi connectivity index (χ4v) is 1.61. The summed E-state index contributed by atoms with van der Waals surface area (Å²) >= 11 is 0. The van der Waals surface area contributed by atoms with Crippen molar-refractivity contribution in [2.45, 2.75) is 0 Å². The minimum atomic E-state index is 0.466. The number of nitrogens with zero attached hydrogens (tertiary/aromatic N) is 6. The molecule has 0 saturated carbocycles. The summed E-state index contributed by atoms with van der Waals surface area (Å²) in [5.74, 6) is 0.985. The summed E-state index contributed by atoms with van der Waals surface area (Å²) in [6.07, 6.45) is 1.54. The SMILES string of the molecule is N#Cc1ccnc(-n2nnc(-c3ccccc3)n2)c1. The first-order valence-electron chi connectivity index (χ1n) is 5.59. The summed E-state index contributed by atoms with van der Waals surface area (Å²) < 4.78 is 0. The topological polar surface area (TPSA) is 80.3 Å². The summed E-state index contributed by atoms with van der Waals surface area (Å²) in [6, 6.07) is 14.8. The van der Waals surface area contributed by atoms with Crippen molar-refractivity contribution in [3.63, 3.8) is 0 Å². The molecule has 0 aliphatic rings. The van der Waals surface area contributed by atoms with Gasteiger partial charge < -0.3 is 0 Å². The second-order valence-corrected chi connectivity index (χ2v) is 3.78. The third kappa shape index (κ3) is 2.17. The Hall–Kier alpha value is -3.07. The van der Waals surface area contributed by atoms with E-state index in [1.54, 1.807) is 18.3 Å². The van der Waals surface area contributed by atoms with Crippen LogP contribution in [0.2, 0.25) is 0 Å². The highest BCUT2D eigenvalue weighted by Crippen LogP contribution is 2.13. The average molecular weight is 248 g/mol. The molecule has 19 heavy (non-hydrogen) atoms. The van der Waals surface area contributed by atoms with Gasteiger partial charge in [0.2, 0.25) is 5.82 Å². The van der Waals surface area contributed by atoms with Crippen LogP contribution < -0.4 is 0 Å². The summed E-state index contributed by atoms with van der Waals surface area (Å²) in [5, 5.41) is 21.0. The first kappa shape index (κ1) is 11.0. The van der Waals surface area contributed by atoms with E-state index in [-0.39, 0.29) is 0 Å². The van der Waals surface area contributed by atoms with Crippen molar-refractivity contribution in [3.8, 4) is 23.3 Å². The molecule has 2 heterocycles. The second kappa shape index (κ2) is 4.66. The number of benzene rings is 1. The van der Waals surface area contributed by atoms with Crippen molar-refractivity contribution in [2.24, 2.45) is 0 Å². The molecular formula is C13H8N6. The van der Waals surface area contributed by atoms with Crippen LogP contribution in [0.3, 0.4) is 0 Å². The molecular weight excluding hydrogens is 240 g/mol. The molecule has 0 radical (unpaired) electrons. The highest BCUT2D eigenvalue weighted by Gasteiger charge is 2.07. The van der Waals surface area contributed by atoms with Crippen molar-refractivity contribution in [1.82, 2.24) is 25.2 Å². The summed E-state index contributed by atoms with van der Waals surface area (Å²) in [4.78, 5) is 5.42. The monoisotopic (exact) mass is 248 g/mol. The maximum Gasteiger partial charge on any atom is 0.205 e. The lowest BCUT2D eigenvalue weighted by Gasteiger charge is -1.96. The van der Waals surface area contributed by atoms with Crippen LogP contribution in [0.15, 0.2) is 48.7 Å². The predicted molar refractivity (Wildman–Crippen MR) is 67.1 cm³/mol. The third-order valence-corrected chi connectivity index (χ3v) is 2.53. The Morgan fingerprint density at radius 1 is 1.11 bits per heavy atom. The van der Waals surface area contributed by atoms with E-state index in [0.717, 1.165) is 5.56 Å². The number of aromatic nitrogens is 5. The van der Waals surface area contributed by atoms with Gasteiger partial charge in [0.25, 0.3) is 0 Å². The molecule has 3 aromatic rings. The number of hydrogen-bond donors (Lipinski definition) is 0. The predicted octanol–water partition coefficient (Wildman–Crippen LogP) is 1.60. The van der Waals surface area contributed by atoms with Crippen molar-refractivity contribution >= 4 is 0 Å². The van der Waals surface area contributed by atoms with Crippen LogP contribution in [0.1, 0.15) is 5.56 Å². The van der Waals surface area contributed by atoms with Crippen molar-refractivity contribution in [2.75, 3.05) is 0 Å². The van der Waals surface area contributed by atoms with Gasteiger partial charge in [0.05, 0.1) is 11.6 Å². The van der Waals surface area contributed by atoms with E-state index in [9.17, 15) is 0 Å². The lowest BCUT2D eigenvalue weighted by Crippen LogP contribution is -2.02. The van der Waals surface area contributed by atoms with Gasteiger partial charge in [-0.3, -0.25) is 0 Å². The van der Waals surface area contributed by atoms with Gasteiger partial charge >= 0.3 is 0 Å². The Labute approximate surface area is 109 Å². The van der Waals surface area contributed by atoms with Gasteiger partial charge in [-0.15, -0.1) is 15.0 Å². The molecule has 0 unspecified atom stereocenters. The number of nitriles is 1. The van der Waals surface area contributed by atoms with Gasteiger partial charge in [0.15, 0.2) is 5.82 Å². The van der Waals surface area contributed by atoms with Crippen molar-refractivity contribution in [3.05, 3.63) is 54.2 Å². The number of hydrogen-bond acceptors (Lipinski definition) is 5. The van der Waals surface area contributed by atoms with Crippen LogP contribution in [0.4, 0.5) is 0 Å². The maximum atomic E-state index is 8.85. The van der Waals surface area contributed by atoms with Gasteiger partial charge in [0.1, 0.15) is 0 Å². The van der Waals surface area contributed by atoms with Crippen LogP contribution in [-0.2, 0) is 0 Å². The molecule has 6 heteroatoms. The van der Waals surface area contributed by atoms with Crippen molar-refractivity contribution in [1.29, 1.82) is 5.26 Å². The lowest BCUT2D eigenvalue weighted by molar-refractivity contribution is 0.700. The molecule has 0 atom stereocenters. The molecule has 90 valence electrons. The smallest absolute Gasteiger partial charge is 0.205 e. The molecule has 0 N–H and O–H groups in total. The fraction of sp³-hybridized carbons (Fsp3) is 0. The summed E-state index contributed by atoms with van der Waals surface area (Å²) in [5.41, 5.74) is 1.38. The number of tetrazole rings is 1. The Bertz CT molecular complexity index is 741. The van der Waals surface area contributed by atoms with Crippen LogP contribution in [-0.4, -0.2) is 25.2 Å². The first-order chi connectivity index (χ1) is 9.36. The lowest BCUT2D eigenvalue weighted by atomic mass is 10.2. The summed E-state index contributed by atoms with van der Waals surface area (Å²) in [6.45, 7) is 0. The Morgan fingerprint density at radius 3 is 2.74 bits per heavy atom. The highest BCUT2D eigenvalue weighted by atomic mass is 15.6. The molecule has 6 nitrogen and oxygen atoms in total. The largest absolute Gasteiger partial charge is 0.235 e. The van der Waals surface area contributed by atoms with E-state index in [1.807, 2.05) is 36.4 Å². The minimum absolute atomic E-state index is 0.466. The zero-order chi connectivity index (χ0) is 13.1. The zero-order valence-corrected chi connectivity index (χ0v) is 9.80. The summed E-state index contributed by atoms with van der Waals surface area (Å²) in [7, 11) is 0. The molecule has 1 aromatic carbocycles. The molecule has 0 bridgehead atoms. The molecule has 0 saturated heterocycles. The number of pyridine rings is 1. The molecule has 0 fully saturated rings. The normalized spacial score (nSPS) is 10.1. The van der Waals surface area contributed by atoms with Gasteiger partial charge in [-0.05, 0) is 11.3 Å². The molecule has 3 rings (SSSR count). The standard InChI is InChI=1S/C13H8N6/c14-9-10-6-7-15-12(8-10)19-17-13(16-18-19)11-4-2-1-3-5-11/h1-8H. The fourth-order valence-electron chi connectivity index (χ4n) is 1.61. The van der Waals surface area contributed by atoms with Crippen molar-refractivity contribution < 1.29 is 0 Å². The van der Waals surface area contributed by atoms with E-state index in [2.05, 4.69) is 20.4 Å². The first-order valence-corrected chi connectivity index (χ1v) is 5.59. The van der Waals surface area contributed by atoms with Crippen LogP contribution in [0.25, 0.3) is 17.2 Å². The van der Waals surface area contributed by atoms with Gasteiger partial charge in [-0.1, -0.05) is 30.3 Å². The van der Waals surface area contributed by atoms with Gasteiger partial charge in [0, 0.05) is 17.8 Å². The average Bonchev–Trinajstić information content (AvgIpc) is 2.98. The van der Waals surface area contributed by atoms with Crippen LogP contribution in [0, 0.1) is 11.3 Å². The quantitative estimate of drug-likeness (QED) is 0.688. The van der Waals surface area contributed by atoms with E-state index in [4.69, 9.17) is 5.26 Å². The van der Waals surface area contributed by atoms with E-state index in [1.165, 1.54) is 4.80 Å². The molecule has 0 aliphatic heterocycles. The second-order valence-electron chi connectivity index (χ2n) is 3.78. The zero-order valence-electron chi connectivity index (χ0n) is 9.80. The van der Waals surface area contributed by atoms with Crippen LogP contribution in [0.5, 0.6) is 0 Å². The van der Waals surface area contributed by atoms with Crippen LogP contribution >= 0.6 is 0 Å². The molecule has 0 aliphatic carbocycles. The Kier molecular flexibility index (Phi) is 2.71. The maximum absolute atomic E-state index is 8.85. The number of rotatable bonds is 2. The van der Waals surface area contributed by atoms with E-state index in [0.29, 0.717) is 17.2 Å². The van der Waals surface area contributed by atoms with E-state index >= 15 is 0 Å². The van der Waals surface area contributed by atoms with Gasteiger partial charge in [-0.25, -0.2) is 4.98 Å². The van der Waals surface area contributed by atoms with Gasteiger partial charge in [-0.2, -0.15) is 5.26 Å². The van der Waals surface area contributed by atoms with E-state index < -0.39 is 0 Å². The Balaban J connectivity index is 2.00.